The van der Waals surface area contributed by atoms with E-state index in [0.29, 0.717) is 23.5 Å². The highest BCUT2D eigenvalue weighted by atomic mass is 79.9. The van der Waals surface area contributed by atoms with E-state index in [1.807, 2.05) is 17.7 Å². The Labute approximate surface area is 130 Å². The lowest BCUT2D eigenvalue weighted by Crippen LogP contribution is -2.16. The molecule has 2 aromatic rings. The topological polar surface area (TPSA) is 77.2 Å². The van der Waals surface area contributed by atoms with Gasteiger partial charge in [-0.3, -0.25) is 14.9 Å². The second kappa shape index (κ2) is 6.09. The van der Waals surface area contributed by atoms with Crippen LogP contribution in [-0.2, 0) is 6.54 Å². The molecule has 0 saturated carbocycles. The van der Waals surface area contributed by atoms with E-state index in [-0.39, 0.29) is 11.6 Å². The number of rotatable bonds is 4. The Balaban J connectivity index is 2.23. The molecule has 1 heterocycles. The van der Waals surface area contributed by atoms with Gasteiger partial charge in [0.25, 0.3) is 11.6 Å². The maximum atomic E-state index is 12.3. The standard InChI is InChI=1S/C14H14BrN3O3/c1-3-17-8-10(15)7-13(17)14(19)16-11-4-5-12(18(20)21)9(2)6-11/h4-8H,3H2,1-2H3,(H,16,19). The van der Waals surface area contributed by atoms with Crippen LogP contribution in [0.3, 0.4) is 0 Å². The number of aromatic nitrogens is 1. The first-order valence-electron chi connectivity index (χ1n) is 6.34. The van der Waals surface area contributed by atoms with Gasteiger partial charge in [0.05, 0.1) is 4.92 Å². The summed E-state index contributed by atoms with van der Waals surface area (Å²) in [4.78, 5) is 22.6. The van der Waals surface area contributed by atoms with E-state index in [4.69, 9.17) is 0 Å². The van der Waals surface area contributed by atoms with Crippen LogP contribution in [-0.4, -0.2) is 15.4 Å². The average Bonchev–Trinajstić information content (AvgIpc) is 2.79. The van der Waals surface area contributed by atoms with E-state index in [0.717, 1.165) is 4.47 Å². The number of carbonyl (C=O) groups excluding carboxylic acids is 1. The number of anilines is 1. The molecular formula is C14H14BrN3O3. The minimum atomic E-state index is -0.444. The molecule has 0 aliphatic rings. The fourth-order valence-corrected chi connectivity index (χ4v) is 2.52. The number of benzene rings is 1. The normalized spacial score (nSPS) is 10.4. The van der Waals surface area contributed by atoms with Crippen molar-refractivity contribution in [3.63, 3.8) is 0 Å². The molecule has 7 heteroatoms. The second-order valence-corrected chi connectivity index (χ2v) is 5.46. The zero-order valence-electron chi connectivity index (χ0n) is 11.6. The molecule has 0 aliphatic heterocycles. The van der Waals surface area contributed by atoms with Gasteiger partial charge in [-0.1, -0.05) is 0 Å². The average molecular weight is 352 g/mol. The maximum Gasteiger partial charge on any atom is 0.272 e. The van der Waals surface area contributed by atoms with Gasteiger partial charge in [0.15, 0.2) is 0 Å². The van der Waals surface area contributed by atoms with Crippen LogP contribution in [0.5, 0.6) is 0 Å². The number of nitro benzene ring substituents is 1. The quantitative estimate of drug-likeness (QED) is 0.673. The highest BCUT2D eigenvalue weighted by molar-refractivity contribution is 9.10. The molecule has 1 amide bonds. The van der Waals surface area contributed by atoms with Crippen LogP contribution in [0.15, 0.2) is 34.9 Å². The third-order valence-electron chi connectivity index (χ3n) is 3.09. The number of amides is 1. The Morgan fingerprint density at radius 2 is 2.14 bits per heavy atom. The van der Waals surface area contributed by atoms with Crippen molar-refractivity contribution in [3.05, 3.63) is 56.3 Å². The molecule has 0 spiro atoms. The van der Waals surface area contributed by atoms with Gasteiger partial charge < -0.3 is 9.88 Å². The van der Waals surface area contributed by atoms with Gasteiger partial charge in [0.1, 0.15) is 5.69 Å². The fourth-order valence-electron chi connectivity index (χ4n) is 2.06. The Bertz CT molecular complexity index is 709. The van der Waals surface area contributed by atoms with Crippen molar-refractivity contribution < 1.29 is 9.72 Å². The molecule has 0 bridgehead atoms. The molecule has 0 unspecified atom stereocenters. The molecule has 6 nitrogen and oxygen atoms in total. The summed E-state index contributed by atoms with van der Waals surface area (Å²) >= 11 is 3.34. The summed E-state index contributed by atoms with van der Waals surface area (Å²) in [5.41, 5.74) is 1.60. The van der Waals surface area contributed by atoms with E-state index < -0.39 is 4.92 Å². The summed E-state index contributed by atoms with van der Waals surface area (Å²) in [6.45, 7) is 4.26. The zero-order valence-corrected chi connectivity index (χ0v) is 13.2. The minimum absolute atomic E-state index is 0.0349. The number of aryl methyl sites for hydroxylation is 2. The highest BCUT2D eigenvalue weighted by Crippen LogP contribution is 2.22. The summed E-state index contributed by atoms with van der Waals surface area (Å²) in [5, 5.41) is 13.5. The number of carbonyl (C=O) groups is 1. The highest BCUT2D eigenvalue weighted by Gasteiger charge is 2.15. The minimum Gasteiger partial charge on any atom is -0.343 e. The van der Waals surface area contributed by atoms with Crippen molar-refractivity contribution in [2.45, 2.75) is 20.4 Å². The lowest BCUT2D eigenvalue weighted by atomic mass is 10.2. The first-order chi connectivity index (χ1) is 9.92. The number of nitrogens with zero attached hydrogens (tertiary/aromatic N) is 2. The number of hydrogen-bond acceptors (Lipinski definition) is 3. The number of hydrogen-bond donors (Lipinski definition) is 1. The van der Waals surface area contributed by atoms with Crippen molar-refractivity contribution in [1.29, 1.82) is 0 Å². The molecular weight excluding hydrogens is 338 g/mol. The van der Waals surface area contributed by atoms with E-state index in [9.17, 15) is 14.9 Å². The molecule has 110 valence electrons. The molecule has 1 aromatic heterocycles. The van der Waals surface area contributed by atoms with Crippen LogP contribution in [0.2, 0.25) is 0 Å². The first kappa shape index (κ1) is 15.2. The molecule has 0 aliphatic carbocycles. The molecule has 1 aromatic carbocycles. The molecule has 0 saturated heterocycles. The van der Waals surface area contributed by atoms with Crippen molar-refractivity contribution in [2.24, 2.45) is 0 Å². The number of halogens is 1. The summed E-state index contributed by atoms with van der Waals surface area (Å²) in [5.74, 6) is -0.254. The van der Waals surface area contributed by atoms with Crippen LogP contribution in [0.4, 0.5) is 11.4 Å². The van der Waals surface area contributed by atoms with Gasteiger partial charge in [-0.2, -0.15) is 0 Å². The predicted molar refractivity (Wildman–Crippen MR) is 83.6 cm³/mol. The van der Waals surface area contributed by atoms with Gasteiger partial charge in [0.2, 0.25) is 0 Å². The third-order valence-corrected chi connectivity index (χ3v) is 3.52. The summed E-state index contributed by atoms with van der Waals surface area (Å²) < 4.78 is 2.65. The summed E-state index contributed by atoms with van der Waals surface area (Å²) in [7, 11) is 0. The summed E-state index contributed by atoms with van der Waals surface area (Å²) in [6.07, 6.45) is 1.83. The van der Waals surface area contributed by atoms with Crippen LogP contribution in [0.25, 0.3) is 0 Å². The first-order valence-corrected chi connectivity index (χ1v) is 7.13. The number of nitrogens with one attached hydrogen (secondary N) is 1. The van der Waals surface area contributed by atoms with Crippen LogP contribution < -0.4 is 5.32 Å². The zero-order chi connectivity index (χ0) is 15.6. The Morgan fingerprint density at radius 1 is 1.43 bits per heavy atom. The molecule has 21 heavy (non-hydrogen) atoms. The van der Waals surface area contributed by atoms with Gasteiger partial charge in [-0.15, -0.1) is 0 Å². The molecule has 0 radical (unpaired) electrons. The lowest BCUT2D eigenvalue weighted by Gasteiger charge is -2.08. The molecule has 1 N–H and O–H groups in total. The van der Waals surface area contributed by atoms with Crippen LogP contribution >= 0.6 is 15.9 Å². The third kappa shape index (κ3) is 3.30. The largest absolute Gasteiger partial charge is 0.343 e. The van der Waals surface area contributed by atoms with E-state index in [1.54, 1.807) is 19.1 Å². The summed E-state index contributed by atoms with van der Waals surface area (Å²) in [6, 6.07) is 6.23. The number of nitro groups is 1. The van der Waals surface area contributed by atoms with Crippen molar-refractivity contribution in [2.75, 3.05) is 5.32 Å². The van der Waals surface area contributed by atoms with Crippen LogP contribution in [0, 0.1) is 17.0 Å². The molecule has 0 atom stereocenters. The Morgan fingerprint density at radius 3 is 2.71 bits per heavy atom. The predicted octanol–water partition coefficient (Wildman–Crippen LogP) is 3.74. The smallest absolute Gasteiger partial charge is 0.272 e. The fraction of sp³-hybridized carbons (Fsp3) is 0.214. The van der Waals surface area contributed by atoms with Crippen molar-refractivity contribution in [1.82, 2.24) is 4.57 Å². The van der Waals surface area contributed by atoms with Gasteiger partial charge >= 0.3 is 0 Å². The van der Waals surface area contributed by atoms with Gasteiger partial charge in [-0.05, 0) is 48.0 Å². The monoisotopic (exact) mass is 351 g/mol. The van der Waals surface area contributed by atoms with Crippen LogP contribution in [0.1, 0.15) is 23.0 Å². The Kier molecular flexibility index (Phi) is 4.42. The SMILES string of the molecule is CCn1cc(Br)cc1C(=O)Nc1ccc([N+](=O)[O-])c(C)c1. The van der Waals surface area contributed by atoms with Gasteiger partial charge in [-0.25, -0.2) is 0 Å². The van der Waals surface area contributed by atoms with Crippen molar-refractivity contribution in [3.8, 4) is 0 Å². The van der Waals surface area contributed by atoms with E-state index in [1.165, 1.54) is 12.1 Å². The molecule has 0 fully saturated rings. The van der Waals surface area contributed by atoms with E-state index in [2.05, 4.69) is 21.2 Å². The second-order valence-electron chi connectivity index (χ2n) is 4.54. The maximum absolute atomic E-state index is 12.3. The lowest BCUT2D eigenvalue weighted by molar-refractivity contribution is -0.385. The molecule has 2 rings (SSSR count). The van der Waals surface area contributed by atoms with E-state index >= 15 is 0 Å². The van der Waals surface area contributed by atoms with Gasteiger partial charge in [0, 0.05) is 34.5 Å². The Hall–Kier alpha value is -2.15. The van der Waals surface area contributed by atoms with Crippen molar-refractivity contribution >= 4 is 33.2 Å².